The number of esters is 1. The largest absolute Gasteiger partial charge is 0.423 e. The van der Waals surface area contributed by atoms with Gasteiger partial charge in [0.2, 0.25) is 0 Å². The number of carbonyl (C=O) groups is 1. The van der Waals surface area contributed by atoms with Crippen LogP contribution in [0, 0.1) is 0 Å². The summed E-state index contributed by atoms with van der Waals surface area (Å²) in [6, 6.07) is 12.7. The lowest BCUT2D eigenvalue weighted by Gasteiger charge is -2.09. The van der Waals surface area contributed by atoms with Crippen LogP contribution in [0.15, 0.2) is 54.9 Å². The summed E-state index contributed by atoms with van der Waals surface area (Å²) in [5, 5.41) is 0.623. The van der Waals surface area contributed by atoms with Crippen LogP contribution in [0.4, 0.5) is 0 Å². The van der Waals surface area contributed by atoms with Gasteiger partial charge in [0.25, 0.3) is 0 Å². The maximum Gasteiger partial charge on any atom is 0.343 e. The van der Waals surface area contributed by atoms with Gasteiger partial charge in [-0.3, -0.25) is 0 Å². The van der Waals surface area contributed by atoms with E-state index in [2.05, 4.69) is 23.8 Å². The van der Waals surface area contributed by atoms with Crippen molar-refractivity contribution in [2.24, 2.45) is 0 Å². The first kappa shape index (κ1) is 29.8. The average molecular weight is 535 g/mol. The molecule has 0 aliphatic carbocycles. The van der Waals surface area contributed by atoms with Crippen molar-refractivity contribution in [1.82, 2.24) is 9.97 Å². The van der Waals surface area contributed by atoms with Gasteiger partial charge >= 0.3 is 5.97 Å². The number of unbranched alkanes of at least 4 members (excludes halogenated alkanes) is 10. The molecular weight excluding hydrogens is 492 g/mol. The van der Waals surface area contributed by atoms with E-state index >= 15 is 0 Å². The fourth-order valence-electron chi connectivity index (χ4n) is 4.55. The number of carbonyl (C=O) groups excluding carboxylic acids is 1. The number of aryl methyl sites for hydroxylation is 2. The van der Waals surface area contributed by atoms with E-state index in [1.165, 1.54) is 76.2 Å². The second-order valence-corrected chi connectivity index (χ2v) is 10.6. The van der Waals surface area contributed by atoms with Crippen LogP contribution in [0.2, 0.25) is 5.02 Å². The van der Waals surface area contributed by atoms with E-state index in [0.717, 1.165) is 30.4 Å². The number of hydrogen-bond donors (Lipinski definition) is 0. The Hall–Kier alpha value is -2.72. The van der Waals surface area contributed by atoms with Gasteiger partial charge in [-0.1, -0.05) is 95.7 Å². The molecule has 2 aromatic carbocycles. The third kappa shape index (κ3) is 10.2. The number of benzene rings is 2. The van der Waals surface area contributed by atoms with E-state index < -0.39 is 5.97 Å². The Kier molecular flexibility index (Phi) is 13.3. The molecule has 0 unspecified atom stereocenters. The number of aromatic nitrogens is 2. The number of rotatable bonds is 17. The summed E-state index contributed by atoms with van der Waals surface area (Å²) in [5.74, 6) is 0.730. The van der Waals surface area contributed by atoms with Gasteiger partial charge in [0.15, 0.2) is 5.82 Å². The molecule has 0 radical (unpaired) electrons. The molecule has 38 heavy (non-hydrogen) atoms. The van der Waals surface area contributed by atoms with Gasteiger partial charge < -0.3 is 4.74 Å². The van der Waals surface area contributed by atoms with Crippen LogP contribution in [-0.2, 0) is 12.8 Å². The van der Waals surface area contributed by atoms with Crippen LogP contribution < -0.4 is 4.74 Å². The topological polar surface area (TPSA) is 52.1 Å². The molecule has 0 atom stereocenters. The Morgan fingerprint density at radius 3 is 1.92 bits per heavy atom. The number of hydrogen-bond acceptors (Lipinski definition) is 4. The van der Waals surface area contributed by atoms with E-state index in [1.54, 1.807) is 24.3 Å². The fraction of sp³-hybridized carbons (Fsp3) is 0.485. The van der Waals surface area contributed by atoms with Crippen LogP contribution in [0.25, 0.3) is 11.4 Å². The molecule has 204 valence electrons. The van der Waals surface area contributed by atoms with Crippen LogP contribution in [0.1, 0.15) is 112 Å². The van der Waals surface area contributed by atoms with Crippen molar-refractivity contribution in [1.29, 1.82) is 0 Å². The van der Waals surface area contributed by atoms with Gasteiger partial charge in [-0.05, 0) is 73.2 Å². The van der Waals surface area contributed by atoms with Gasteiger partial charge in [-0.15, -0.1) is 0 Å². The maximum absolute atomic E-state index is 12.7. The molecule has 1 aromatic heterocycles. The zero-order chi connectivity index (χ0) is 27.0. The molecule has 0 aliphatic heterocycles. The highest BCUT2D eigenvalue weighted by Gasteiger charge is 2.12. The molecule has 5 heteroatoms. The maximum atomic E-state index is 12.7. The molecule has 0 fully saturated rings. The minimum atomic E-state index is -0.417. The number of ether oxygens (including phenoxy) is 1. The molecule has 1 heterocycles. The Morgan fingerprint density at radius 2 is 1.32 bits per heavy atom. The summed E-state index contributed by atoms with van der Waals surface area (Å²) in [4.78, 5) is 21.8. The fourth-order valence-corrected chi connectivity index (χ4v) is 4.83. The van der Waals surface area contributed by atoms with Crippen molar-refractivity contribution >= 4 is 17.6 Å². The number of nitrogens with zero attached hydrogens (tertiary/aromatic N) is 2. The highest BCUT2D eigenvalue weighted by atomic mass is 35.5. The lowest BCUT2D eigenvalue weighted by Crippen LogP contribution is -2.08. The summed E-state index contributed by atoms with van der Waals surface area (Å²) < 4.78 is 5.58. The van der Waals surface area contributed by atoms with E-state index in [9.17, 15) is 4.79 Å². The lowest BCUT2D eigenvalue weighted by atomic mass is 10.0. The molecule has 0 saturated carbocycles. The summed E-state index contributed by atoms with van der Waals surface area (Å²) in [6.45, 7) is 4.47. The second kappa shape index (κ2) is 17.0. The standard InChI is InChI=1S/C33H43ClN2O2/c1-3-5-7-9-10-12-13-15-26-24-35-32(36-25-26)28-19-21-30(22-20-28)38-33(37)29-18-17-27(31(34)23-29)16-14-11-8-6-4-2/h17-25H,3-16H2,1-2H3. The SMILES string of the molecule is CCCCCCCCCc1cnc(-c2ccc(OC(=O)c3ccc(CCCCCCC)c(Cl)c3)cc2)nc1. The monoisotopic (exact) mass is 534 g/mol. The zero-order valence-corrected chi connectivity index (χ0v) is 23.9. The molecule has 3 aromatic rings. The van der Waals surface area contributed by atoms with Crippen LogP contribution in [0.5, 0.6) is 5.75 Å². The predicted molar refractivity (Wildman–Crippen MR) is 158 cm³/mol. The molecule has 0 N–H and O–H groups in total. The molecule has 3 rings (SSSR count). The third-order valence-corrected chi connectivity index (χ3v) is 7.29. The first-order valence-corrected chi connectivity index (χ1v) is 14.9. The highest BCUT2D eigenvalue weighted by molar-refractivity contribution is 6.31. The van der Waals surface area contributed by atoms with Gasteiger partial charge in [-0.25, -0.2) is 14.8 Å². The minimum absolute atomic E-state index is 0.417. The zero-order valence-electron chi connectivity index (χ0n) is 23.2. The summed E-state index contributed by atoms with van der Waals surface area (Å²) in [6.07, 6.45) is 21.0. The van der Waals surface area contributed by atoms with E-state index in [-0.39, 0.29) is 0 Å². The molecular formula is C33H43ClN2O2. The Bertz CT molecular complexity index is 1100. The predicted octanol–water partition coefficient (Wildman–Crippen LogP) is 9.82. The average Bonchev–Trinajstić information content (AvgIpc) is 2.94. The van der Waals surface area contributed by atoms with Crippen molar-refractivity contribution in [2.75, 3.05) is 0 Å². The Morgan fingerprint density at radius 1 is 0.737 bits per heavy atom. The minimum Gasteiger partial charge on any atom is -0.423 e. The van der Waals surface area contributed by atoms with Crippen LogP contribution in [0.3, 0.4) is 0 Å². The molecule has 0 bridgehead atoms. The van der Waals surface area contributed by atoms with E-state index in [4.69, 9.17) is 16.3 Å². The van der Waals surface area contributed by atoms with E-state index in [1.807, 2.05) is 30.6 Å². The summed E-state index contributed by atoms with van der Waals surface area (Å²) >= 11 is 6.45. The second-order valence-electron chi connectivity index (χ2n) is 10.2. The number of halogens is 1. The molecule has 0 aliphatic rings. The first-order valence-electron chi connectivity index (χ1n) is 14.5. The molecule has 0 amide bonds. The normalized spacial score (nSPS) is 11.0. The van der Waals surface area contributed by atoms with Gasteiger partial charge in [0.05, 0.1) is 5.56 Å². The van der Waals surface area contributed by atoms with Crippen LogP contribution in [-0.4, -0.2) is 15.9 Å². The smallest absolute Gasteiger partial charge is 0.343 e. The first-order chi connectivity index (χ1) is 18.6. The van der Waals surface area contributed by atoms with Gasteiger partial charge in [0.1, 0.15) is 5.75 Å². The summed E-state index contributed by atoms with van der Waals surface area (Å²) in [7, 11) is 0. The van der Waals surface area contributed by atoms with Crippen molar-refractivity contribution in [3.8, 4) is 17.1 Å². The van der Waals surface area contributed by atoms with Gasteiger partial charge in [0, 0.05) is 23.0 Å². The van der Waals surface area contributed by atoms with Crippen molar-refractivity contribution in [3.05, 3.63) is 76.6 Å². The quantitative estimate of drug-likeness (QED) is 0.0981. The van der Waals surface area contributed by atoms with E-state index in [0.29, 0.717) is 22.2 Å². The Balaban J connectivity index is 1.46. The third-order valence-electron chi connectivity index (χ3n) is 6.94. The van der Waals surface area contributed by atoms with Crippen molar-refractivity contribution in [3.63, 3.8) is 0 Å². The Labute approximate surface area is 234 Å². The van der Waals surface area contributed by atoms with Crippen LogP contribution >= 0.6 is 11.6 Å². The van der Waals surface area contributed by atoms with Gasteiger partial charge in [-0.2, -0.15) is 0 Å². The molecule has 0 saturated heterocycles. The lowest BCUT2D eigenvalue weighted by molar-refractivity contribution is 0.0734. The van der Waals surface area contributed by atoms with Crippen molar-refractivity contribution in [2.45, 2.75) is 104 Å². The molecule has 4 nitrogen and oxygen atoms in total. The highest BCUT2D eigenvalue weighted by Crippen LogP contribution is 2.23. The van der Waals surface area contributed by atoms with Crippen molar-refractivity contribution < 1.29 is 9.53 Å². The summed E-state index contributed by atoms with van der Waals surface area (Å²) in [5.41, 5.74) is 3.60. The molecule has 0 spiro atoms.